The summed E-state index contributed by atoms with van der Waals surface area (Å²) in [7, 11) is 7.56. The van der Waals surface area contributed by atoms with Crippen molar-refractivity contribution < 1.29 is 14.6 Å². The first kappa shape index (κ1) is 26.6. The highest BCUT2D eigenvalue weighted by molar-refractivity contribution is 6.02. The molecule has 0 fully saturated rings. The Bertz CT molecular complexity index is 1450. The Labute approximate surface area is 221 Å². The van der Waals surface area contributed by atoms with Crippen molar-refractivity contribution in [2.24, 2.45) is 0 Å². The van der Waals surface area contributed by atoms with Gasteiger partial charge in [0, 0.05) is 38.6 Å². The van der Waals surface area contributed by atoms with Crippen LogP contribution in [-0.4, -0.2) is 76.8 Å². The number of aliphatic hydroxyl groups is 1. The summed E-state index contributed by atoms with van der Waals surface area (Å²) in [6.07, 6.45) is 4.75. The summed E-state index contributed by atoms with van der Waals surface area (Å²) in [5.41, 5.74) is 4.18. The van der Waals surface area contributed by atoms with E-state index in [1.165, 1.54) is 6.08 Å². The SMILES string of the molecule is C=CC(=O)Nc1cc(Nc2nccc(-n3ccc4nc(CO)ccc43)n2)c(OC)cc1N(C)CCN(C)C. The summed E-state index contributed by atoms with van der Waals surface area (Å²) < 4.78 is 7.58. The van der Waals surface area contributed by atoms with E-state index in [4.69, 9.17) is 4.74 Å². The van der Waals surface area contributed by atoms with E-state index in [-0.39, 0.29) is 12.5 Å². The number of hydrogen-bond acceptors (Lipinski definition) is 9. The Morgan fingerprint density at radius 3 is 2.66 bits per heavy atom. The Morgan fingerprint density at radius 2 is 1.95 bits per heavy atom. The molecule has 0 atom stereocenters. The molecule has 38 heavy (non-hydrogen) atoms. The van der Waals surface area contributed by atoms with Gasteiger partial charge in [-0.3, -0.25) is 9.36 Å². The zero-order chi connectivity index (χ0) is 27.2. The van der Waals surface area contributed by atoms with Crippen molar-refractivity contribution in [1.29, 1.82) is 0 Å². The molecule has 0 aliphatic carbocycles. The fraction of sp³-hybridized carbons (Fsp3) is 0.259. The Kier molecular flexibility index (Phi) is 8.19. The Balaban J connectivity index is 1.68. The number of carbonyl (C=O) groups excluding carboxylic acids is 1. The van der Waals surface area contributed by atoms with Crippen LogP contribution in [0.5, 0.6) is 5.75 Å². The van der Waals surface area contributed by atoms with Gasteiger partial charge in [0.1, 0.15) is 11.6 Å². The Morgan fingerprint density at radius 1 is 1.13 bits per heavy atom. The van der Waals surface area contributed by atoms with E-state index >= 15 is 0 Å². The molecule has 3 N–H and O–H groups in total. The fourth-order valence-corrected chi connectivity index (χ4v) is 3.92. The van der Waals surface area contributed by atoms with Crippen LogP contribution in [0.25, 0.3) is 16.9 Å². The number of aliphatic hydroxyl groups excluding tert-OH is 1. The quantitative estimate of drug-likeness (QED) is 0.258. The average molecular weight is 517 g/mol. The lowest BCUT2D eigenvalue weighted by Gasteiger charge is -2.26. The van der Waals surface area contributed by atoms with Crippen LogP contribution in [0.1, 0.15) is 5.69 Å². The van der Waals surface area contributed by atoms with Gasteiger partial charge in [-0.2, -0.15) is 4.98 Å². The van der Waals surface area contributed by atoms with Crippen LogP contribution in [0.4, 0.5) is 23.0 Å². The van der Waals surface area contributed by atoms with Gasteiger partial charge in [-0.1, -0.05) is 6.58 Å². The highest BCUT2D eigenvalue weighted by atomic mass is 16.5. The van der Waals surface area contributed by atoms with E-state index in [2.05, 4.69) is 42.0 Å². The summed E-state index contributed by atoms with van der Waals surface area (Å²) in [6, 6.07) is 11.0. The monoisotopic (exact) mass is 516 g/mol. The zero-order valence-electron chi connectivity index (χ0n) is 22.0. The molecule has 3 aromatic heterocycles. The van der Waals surface area contributed by atoms with Crippen LogP contribution < -0.4 is 20.3 Å². The van der Waals surface area contributed by atoms with Gasteiger partial charge in [0.05, 0.1) is 47.5 Å². The smallest absolute Gasteiger partial charge is 0.247 e. The highest BCUT2D eigenvalue weighted by Gasteiger charge is 2.17. The molecule has 0 unspecified atom stereocenters. The third-order valence-corrected chi connectivity index (χ3v) is 5.95. The predicted octanol–water partition coefficient (Wildman–Crippen LogP) is 3.18. The number of ether oxygens (including phenoxy) is 1. The molecule has 1 aromatic carbocycles. The molecule has 4 rings (SSSR count). The molecule has 1 amide bonds. The minimum absolute atomic E-state index is 0.121. The molecular formula is C27H32N8O3. The molecule has 0 radical (unpaired) electrons. The number of methoxy groups -OCH3 is 1. The third-order valence-electron chi connectivity index (χ3n) is 5.95. The molecule has 0 spiro atoms. The second-order valence-electron chi connectivity index (χ2n) is 8.90. The van der Waals surface area contributed by atoms with Crippen molar-refractivity contribution >= 4 is 40.0 Å². The minimum atomic E-state index is -0.320. The van der Waals surface area contributed by atoms with Crippen molar-refractivity contribution in [3.8, 4) is 11.6 Å². The van der Waals surface area contributed by atoms with E-state index in [9.17, 15) is 9.90 Å². The molecule has 198 valence electrons. The summed E-state index contributed by atoms with van der Waals surface area (Å²) in [5, 5.41) is 15.5. The summed E-state index contributed by atoms with van der Waals surface area (Å²) >= 11 is 0. The number of benzene rings is 1. The maximum atomic E-state index is 12.2. The van der Waals surface area contributed by atoms with Crippen LogP contribution in [0.2, 0.25) is 0 Å². The second kappa shape index (κ2) is 11.7. The lowest BCUT2D eigenvalue weighted by molar-refractivity contribution is -0.111. The van der Waals surface area contributed by atoms with Gasteiger partial charge in [0.2, 0.25) is 11.9 Å². The summed E-state index contributed by atoms with van der Waals surface area (Å²) in [5.74, 6) is 1.22. The van der Waals surface area contributed by atoms with Crippen molar-refractivity contribution in [3.05, 3.63) is 67.1 Å². The number of nitrogens with zero attached hydrogens (tertiary/aromatic N) is 6. The molecule has 0 saturated heterocycles. The number of anilines is 4. The van der Waals surface area contributed by atoms with Gasteiger partial charge < -0.3 is 30.3 Å². The van der Waals surface area contributed by atoms with Gasteiger partial charge in [-0.25, -0.2) is 9.97 Å². The van der Waals surface area contributed by atoms with Crippen molar-refractivity contribution in [3.63, 3.8) is 0 Å². The predicted molar refractivity (Wildman–Crippen MR) is 150 cm³/mol. The molecule has 4 aromatic rings. The maximum absolute atomic E-state index is 12.2. The lowest BCUT2D eigenvalue weighted by Crippen LogP contribution is -2.29. The number of rotatable bonds is 11. The number of pyridine rings is 1. The second-order valence-corrected chi connectivity index (χ2v) is 8.90. The van der Waals surface area contributed by atoms with Gasteiger partial charge in [0.25, 0.3) is 0 Å². The number of likely N-dealkylation sites (N-methyl/N-ethyl adjacent to an activating group) is 2. The first-order chi connectivity index (χ1) is 18.3. The van der Waals surface area contributed by atoms with E-state index in [0.29, 0.717) is 34.6 Å². The molecule has 11 nitrogen and oxygen atoms in total. The number of fused-ring (bicyclic) bond motifs is 1. The number of carbonyl (C=O) groups is 1. The minimum Gasteiger partial charge on any atom is -0.494 e. The van der Waals surface area contributed by atoms with Crippen molar-refractivity contribution in [1.82, 2.24) is 24.4 Å². The summed E-state index contributed by atoms with van der Waals surface area (Å²) in [4.78, 5) is 29.9. The molecule has 11 heteroatoms. The Hall–Kier alpha value is -4.48. The van der Waals surface area contributed by atoms with E-state index in [1.807, 2.05) is 50.1 Å². The number of nitrogens with one attached hydrogen (secondary N) is 2. The van der Waals surface area contributed by atoms with Crippen molar-refractivity contribution in [2.45, 2.75) is 6.61 Å². The van der Waals surface area contributed by atoms with E-state index in [1.54, 1.807) is 31.5 Å². The fourth-order valence-electron chi connectivity index (χ4n) is 3.92. The molecule has 0 aliphatic rings. The van der Waals surface area contributed by atoms with Crippen LogP contribution >= 0.6 is 0 Å². The van der Waals surface area contributed by atoms with Gasteiger partial charge in [-0.05, 0) is 50.5 Å². The van der Waals surface area contributed by atoms with Gasteiger partial charge in [0.15, 0.2) is 0 Å². The maximum Gasteiger partial charge on any atom is 0.247 e. The van der Waals surface area contributed by atoms with E-state index < -0.39 is 0 Å². The highest BCUT2D eigenvalue weighted by Crippen LogP contribution is 2.38. The topological polar surface area (TPSA) is 121 Å². The van der Waals surface area contributed by atoms with Crippen LogP contribution in [0.15, 0.2) is 61.4 Å². The number of aromatic nitrogens is 4. The molecule has 0 aliphatic heterocycles. The zero-order valence-corrected chi connectivity index (χ0v) is 22.0. The molecular weight excluding hydrogens is 484 g/mol. The van der Waals surface area contributed by atoms with E-state index in [0.717, 1.165) is 29.8 Å². The average Bonchev–Trinajstić information content (AvgIpc) is 3.35. The molecule has 3 heterocycles. The lowest BCUT2D eigenvalue weighted by atomic mass is 10.2. The summed E-state index contributed by atoms with van der Waals surface area (Å²) in [6.45, 7) is 5.02. The molecule has 0 bridgehead atoms. The van der Waals surface area contributed by atoms with Crippen LogP contribution in [0, 0.1) is 0 Å². The number of hydrogen-bond donors (Lipinski definition) is 3. The largest absolute Gasteiger partial charge is 0.494 e. The van der Waals surface area contributed by atoms with Gasteiger partial charge >= 0.3 is 0 Å². The standard InChI is InChI=1S/C27H32N8O3/c1-6-26(37)30-20-15-21(24(38-5)16-23(20)34(4)14-13-33(2)3)31-27-28-11-9-25(32-27)35-12-10-19-22(35)8-7-18(17-36)29-19/h6-12,15-16,36H,1,13-14,17H2,2-5H3,(H,30,37)(H,28,31,32). The molecule has 0 saturated carbocycles. The normalized spacial score (nSPS) is 11.0. The number of amides is 1. The van der Waals surface area contributed by atoms with Crippen molar-refractivity contribution in [2.75, 3.05) is 56.9 Å². The third kappa shape index (κ3) is 5.90. The first-order valence-electron chi connectivity index (χ1n) is 12.0. The van der Waals surface area contributed by atoms with Crippen LogP contribution in [0.3, 0.4) is 0 Å². The van der Waals surface area contributed by atoms with Gasteiger partial charge in [-0.15, -0.1) is 0 Å². The first-order valence-corrected chi connectivity index (χ1v) is 12.0. The van der Waals surface area contributed by atoms with Crippen LogP contribution in [-0.2, 0) is 11.4 Å².